The molecule has 1 aliphatic rings. The van der Waals surface area contributed by atoms with Gasteiger partial charge in [0.15, 0.2) is 6.10 Å². The number of carbonyl (C=O) groups excluding carboxylic acids is 1. The molecule has 316 valence electrons. The van der Waals surface area contributed by atoms with Gasteiger partial charge in [-0.15, -0.1) is 0 Å². The Morgan fingerprint density at radius 1 is 0.639 bits per heavy atom. The molecular formula is C51H54O8SSi. The summed E-state index contributed by atoms with van der Waals surface area (Å²) in [5.41, 5.74) is 2.70. The second kappa shape index (κ2) is 20.7. The van der Waals surface area contributed by atoms with Gasteiger partial charge in [0.2, 0.25) is 0 Å². The smallest absolute Gasteiger partial charge is 0.338 e. The molecule has 8 nitrogen and oxygen atoms in total. The van der Waals surface area contributed by atoms with E-state index in [-0.39, 0.29) is 24.9 Å². The van der Waals surface area contributed by atoms with Crippen LogP contribution >= 0.6 is 11.8 Å². The van der Waals surface area contributed by atoms with Gasteiger partial charge in [-0.2, -0.15) is 0 Å². The van der Waals surface area contributed by atoms with E-state index in [9.17, 15) is 4.79 Å². The summed E-state index contributed by atoms with van der Waals surface area (Å²) in [6, 6.07) is 55.5. The molecule has 6 aromatic rings. The highest BCUT2D eigenvalue weighted by Gasteiger charge is 2.54. The Balaban J connectivity index is 1.28. The quantitative estimate of drug-likeness (QED) is 0.0386. The van der Waals surface area contributed by atoms with Crippen LogP contribution < -0.4 is 15.1 Å². The number of rotatable bonds is 17. The maximum atomic E-state index is 14.0. The first-order valence-electron chi connectivity index (χ1n) is 20.6. The topological polar surface area (TPSA) is 81.7 Å². The van der Waals surface area contributed by atoms with Gasteiger partial charge < -0.3 is 23.7 Å². The number of hydrogen-bond donors (Lipinski definition) is 0. The third-order valence-electron chi connectivity index (χ3n) is 10.8. The van der Waals surface area contributed by atoms with Gasteiger partial charge in [0.05, 0.1) is 25.9 Å². The molecule has 0 radical (unpaired) electrons. The summed E-state index contributed by atoms with van der Waals surface area (Å²) in [5, 5.41) is 1.82. The van der Waals surface area contributed by atoms with E-state index in [1.165, 1.54) is 11.8 Å². The van der Waals surface area contributed by atoms with E-state index < -0.39 is 44.1 Å². The Kier molecular flexibility index (Phi) is 14.9. The number of thioether (sulfide) groups is 1. The lowest BCUT2D eigenvalue weighted by molar-refractivity contribution is -0.286. The van der Waals surface area contributed by atoms with Crippen LogP contribution in [-0.2, 0) is 41.6 Å². The lowest BCUT2D eigenvalue weighted by atomic mass is 9.99. The molecule has 0 unspecified atom stereocenters. The van der Waals surface area contributed by atoms with Gasteiger partial charge in [-0.25, -0.2) is 9.68 Å². The molecule has 0 aromatic heterocycles. The lowest BCUT2D eigenvalue weighted by Gasteiger charge is -2.46. The zero-order valence-corrected chi connectivity index (χ0v) is 37.2. The highest BCUT2D eigenvalue weighted by molar-refractivity contribution is 7.99. The number of methoxy groups -OCH3 is 1. The number of esters is 1. The summed E-state index contributed by atoms with van der Waals surface area (Å²) in [7, 11) is -1.46. The van der Waals surface area contributed by atoms with Gasteiger partial charge in [0.25, 0.3) is 0 Å². The zero-order chi connectivity index (χ0) is 42.7. The van der Waals surface area contributed by atoms with Crippen LogP contribution in [0, 0.1) is 6.92 Å². The van der Waals surface area contributed by atoms with Gasteiger partial charge in [-0.3, -0.25) is 4.58 Å². The first kappa shape index (κ1) is 44.0. The SMILES string of the molecule is COc1ccc(CO[C@H]2[C@H](OCc3ccccc3)[C@@H](OC(=O)c3ccccc3)[C@H](Sc3ccc(C)cc3)O[C@@H]2COO[Si](c2ccccc2)(c2ccccc2)C(C)(C)C)cc1. The highest BCUT2D eigenvalue weighted by Crippen LogP contribution is 2.40. The van der Waals surface area contributed by atoms with Crippen LogP contribution in [0.3, 0.4) is 0 Å². The highest BCUT2D eigenvalue weighted by atomic mass is 32.2. The van der Waals surface area contributed by atoms with Crippen LogP contribution in [0.15, 0.2) is 175 Å². The normalized spacial score (nSPS) is 19.3. The molecule has 1 saturated heterocycles. The minimum absolute atomic E-state index is 0.00666. The standard InChI is InChI=1S/C51H54O8SSi/c1-37-26-32-42(33-27-37)60-50-48(58-49(52)40-20-12-7-13-21-40)47(55-34-38-18-10-6-11-19-38)46(54-35-39-28-30-41(53-5)31-29-39)45(57-50)36-56-59-61(51(2,3)4,43-22-14-8-15-23-43)44-24-16-9-17-25-44/h6-33,45-48,50H,34-36H2,1-5H3/t45-,46-,47+,48-,50+/m1/s1. The fourth-order valence-corrected chi connectivity index (χ4v) is 12.8. The van der Waals surface area contributed by atoms with Crippen LogP contribution in [0.1, 0.15) is 47.8 Å². The monoisotopic (exact) mass is 854 g/mol. The Labute approximate surface area is 365 Å². The van der Waals surface area contributed by atoms with Crippen LogP contribution in [0.2, 0.25) is 5.04 Å². The summed E-state index contributed by atoms with van der Waals surface area (Å²) >= 11 is 1.47. The van der Waals surface area contributed by atoms with Crippen molar-refractivity contribution in [2.45, 2.75) is 80.7 Å². The number of benzene rings is 6. The van der Waals surface area contributed by atoms with Crippen molar-refractivity contribution in [1.82, 2.24) is 0 Å². The number of ether oxygens (including phenoxy) is 5. The van der Waals surface area contributed by atoms with Gasteiger partial charge in [0.1, 0.15) is 36.1 Å². The molecule has 0 saturated carbocycles. The average molecular weight is 855 g/mol. The second-order valence-corrected chi connectivity index (χ2v) is 21.5. The maximum absolute atomic E-state index is 14.0. The van der Waals surface area contributed by atoms with Gasteiger partial charge in [-0.05, 0) is 69.9 Å². The van der Waals surface area contributed by atoms with Crippen LogP contribution in [0.5, 0.6) is 5.75 Å². The summed E-state index contributed by atoms with van der Waals surface area (Å²) in [6.45, 7) is 9.10. The van der Waals surface area contributed by atoms with Crippen molar-refractivity contribution in [2.75, 3.05) is 13.7 Å². The van der Waals surface area contributed by atoms with Crippen molar-refractivity contribution in [1.29, 1.82) is 0 Å². The molecule has 6 aromatic carbocycles. The van der Waals surface area contributed by atoms with Gasteiger partial charge >= 0.3 is 14.3 Å². The van der Waals surface area contributed by atoms with Crippen molar-refractivity contribution in [2.24, 2.45) is 0 Å². The summed E-state index contributed by atoms with van der Waals surface area (Å²) in [4.78, 5) is 21.5. The molecule has 0 amide bonds. The second-order valence-electron chi connectivity index (χ2n) is 16.1. The summed E-state index contributed by atoms with van der Waals surface area (Å²) in [5.74, 6) is 0.250. The Morgan fingerprint density at radius 2 is 1.16 bits per heavy atom. The maximum Gasteiger partial charge on any atom is 0.338 e. The van der Waals surface area contributed by atoms with E-state index in [2.05, 4.69) is 57.2 Å². The third-order valence-corrected chi connectivity index (χ3v) is 16.8. The van der Waals surface area contributed by atoms with E-state index in [0.29, 0.717) is 5.56 Å². The molecule has 1 aliphatic heterocycles. The molecule has 7 rings (SSSR count). The minimum atomic E-state index is -3.10. The fraction of sp³-hybridized carbons (Fsp3) is 0.275. The molecule has 0 spiro atoms. The first-order chi connectivity index (χ1) is 29.6. The van der Waals surface area contributed by atoms with Crippen molar-refractivity contribution < 1.29 is 37.9 Å². The molecule has 1 fully saturated rings. The van der Waals surface area contributed by atoms with Crippen molar-refractivity contribution in [3.63, 3.8) is 0 Å². The predicted octanol–water partition coefficient (Wildman–Crippen LogP) is 9.73. The molecule has 61 heavy (non-hydrogen) atoms. The van der Waals surface area contributed by atoms with Crippen LogP contribution in [0.25, 0.3) is 0 Å². The van der Waals surface area contributed by atoms with Crippen molar-refractivity contribution in [3.8, 4) is 5.75 Å². The Bertz CT molecular complexity index is 2200. The van der Waals surface area contributed by atoms with Crippen LogP contribution in [0.4, 0.5) is 0 Å². The zero-order valence-electron chi connectivity index (χ0n) is 35.3. The number of hydrogen-bond acceptors (Lipinski definition) is 9. The first-order valence-corrected chi connectivity index (χ1v) is 23.4. The molecule has 10 heteroatoms. The average Bonchev–Trinajstić information content (AvgIpc) is 3.29. The van der Waals surface area contributed by atoms with Crippen molar-refractivity contribution in [3.05, 3.63) is 192 Å². The minimum Gasteiger partial charge on any atom is -0.497 e. The van der Waals surface area contributed by atoms with E-state index in [4.69, 9.17) is 33.1 Å². The summed E-state index contributed by atoms with van der Waals surface area (Å²) in [6.07, 6.45) is -3.22. The summed E-state index contributed by atoms with van der Waals surface area (Å²) < 4.78 is 39.7. The predicted molar refractivity (Wildman–Crippen MR) is 243 cm³/mol. The number of carbonyl (C=O) groups is 1. The fourth-order valence-electron chi connectivity index (χ4n) is 7.61. The molecule has 0 bridgehead atoms. The van der Waals surface area contributed by atoms with E-state index >= 15 is 0 Å². The molecular weight excluding hydrogens is 801 g/mol. The van der Waals surface area contributed by atoms with E-state index in [0.717, 1.165) is 37.7 Å². The largest absolute Gasteiger partial charge is 0.497 e. The molecule has 5 atom stereocenters. The lowest BCUT2D eigenvalue weighted by Crippen LogP contribution is -2.67. The van der Waals surface area contributed by atoms with E-state index in [1.54, 1.807) is 19.2 Å². The Hall–Kier alpha value is -5.04. The molecule has 0 aliphatic carbocycles. The van der Waals surface area contributed by atoms with E-state index in [1.807, 2.05) is 128 Å². The Morgan fingerprint density at radius 3 is 1.72 bits per heavy atom. The third kappa shape index (κ3) is 10.9. The van der Waals surface area contributed by atoms with Crippen LogP contribution in [-0.4, -0.2) is 57.9 Å². The van der Waals surface area contributed by atoms with Gasteiger partial charge in [0, 0.05) is 4.90 Å². The van der Waals surface area contributed by atoms with Crippen molar-refractivity contribution >= 4 is 36.4 Å². The number of aryl methyl sites for hydroxylation is 1. The molecule has 0 N–H and O–H groups in total. The molecule has 1 heterocycles. The van der Waals surface area contributed by atoms with Gasteiger partial charge in [-0.1, -0.05) is 172 Å².